The van der Waals surface area contributed by atoms with E-state index in [1.54, 1.807) is 0 Å². The molecule has 0 bridgehead atoms. The molecule has 0 heterocycles. The maximum absolute atomic E-state index is 6.13. The molecule has 3 nitrogen and oxygen atoms in total. The van der Waals surface area contributed by atoms with Crippen molar-refractivity contribution in [1.29, 1.82) is 0 Å². The van der Waals surface area contributed by atoms with Crippen molar-refractivity contribution < 1.29 is 4.74 Å². The number of nitrogens with two attached hydrogens (primary N) is 1. The number of benzene rings is 1. The molecule has 1 aromatic rings. The van der Waals surface area contributed by atoms with E-state index in [0.717, 1.165) is 35.5 Å². The Hall–Kier alpha value is -1.38. The Balaban J connectivity index is 2.10. The van der Waals surface area contributed by atoms with Gasteiger partial charge in [-0.2, -0.15) is 0 Å². The van der Waals surface area contributed by atoms with E-state index >= 15 is 0 Å². The third-order valence-corrected chi connectivity index (χ3v) is 3.54. The molecule has 2 unspecified atom stereocenters. The predicted octanol–water partition coefficient (Wildman–Crippen LogP) is 2.76. The fourth-order valence-electron chi connectivity index (χ4n) is 2.25. The summed E-state index contributed by atoms with van der Waals surface area (Å²) in [5.74, 6) is 2.49. The quantitative estimate of drug-likeness (QED) is 0.796. The van der Waals surface area contributed by atoms with Crippen molar-refractivity contribution in [2.75, 3.05) is 30.8 Å². The molecule has 1 aliphatic rings. The Kier molecular flexibility index (Phi) is 3.46. The summed E-state index contributed by atoms with van der Waals surface area (Å²) in [5.41, 5.74) is 7.97. The van der Waals surface area contributed by atoms with E-state index < -0.39 is 0 Å². The number of para-hydroxylation sites is 1. The molecule has 1 saturated carbocycles. The number of rotatable bonds is 5. The van der Waals surface area contributed by atoms with Crippen molar-refractivity contribution in [1.82, 2.24) is 0 Å². The molecule has 0 aliphatic heterocycles. The second-order valence-electron chi connectivity index (χ2n) is 4.98. The highest BCUT2D eigenvalue weighted by molar-refractivity contribution is 5.73. The highest BCUT2D eigenvalue weighted by Crippen LogP contribution is 2.40. The summed E-state index contributed by atoms with van der Waals surface area (Å²) in [4.78, 5) is 2.24. The number of hydrogen-bond acceptors (Lipinski definition) is 3. The summed E-state index contributed by atoms with van der Waals surface area (Å²) in [6, 6.07) is 5.99. The number of anilines is 2. The minimum Gasteiger partial charge on any atom is -0.492 e. The molecule has 1 aromatic carbocycles. The van der Waals surface area contributed by atoms with Crippen LogP contribution >= 0.6 is 0 Å². The van der Waals surface area contributed by atoms with Crippen molar-refractivity contribution in [2.24, 2.45) is 11.8 Å². The van der Waals surface area contributed by atoms with Gasteiger partial charge < -0.3 is 15.4 Å². The van der Waals surface area contributed by atoms with Crippen LogP contribution in [0.2, 0.25) is 0 Å². The zero-order valence-electron chi connectivity index (χ0n) is 10.9. The van der Waals surface area contributed by atoms with E-state index in [9.17, 15) is 0 Å². The summed E-state index contributed by atoms with van der Waals surface area (Å²) in [5, 5.41) is 0. The third-order valence-electron chi connectivity index (χ3n) is 3.54. The minimum absolute atomic E-state index is 0.650. The molecule has 2 N–H and O–H groups in total. The SMILES string of the molecule is CCOc1cccc(N(C)CC2CC2C)c1N. The van der Waals surface area contributed by atoms with Gasteiger partial charge in [0.25, 0.3) is 0 Å². The number of hydrogen-bond donors (Lipinski definition) is 1. The highest BCUT2D eigenvalue weighted by atomic mass is 16.5. The van der Waals surface area contributed by atoms with Gasteiger partial charge in [0.05, 0.1) is 18.0 Å². The fourth-order valence-corrected chi connectivity index (χ4v) is 2.25. The summed E-state index contributed by atoms with van der Waals surface area (Å²) in [7, 11) is 2.10. The lowest BCUT2D eigenvalue weighted by Gasteiger charge is -2.22. The summed E-state index contributed by atoms with van der Waals surface area (Å²) >= 11 is 0. The maximum Gasteiger partial charge on any atom is 0.144 e. The average molecular weight is 234 g/mol. The third kappa shape index (κ3) is 2.65. The van der Waals surface area contributed by atoms with Crippen LogP contribution in [-0.4, -0.2) is 20.2 Å². The van der Waals surface area contributed by atoms with Crippen LogP contribution in [0.1, 0.15) is 20.3 Å². The predicted molar refractivity (Wildman–Crippen MR) is 72.6 cm³/mol. The first kappa shape index (κ1) is 12.1. The Morgan fingerprint density at radius 1 is 1.47 bits per heavy atom. The lowest BCUT2D eigenvalue weighted by atomic mass is 10.2. The monoisotopic (exact) mass is 234 g/mol. The molecule has 0 radical (unpaired) electrons. The highest BCUT2D eigenvalue weighted by Gasteiger charge is 2.33. The Morgan fingerprint density at radius 3 is 2.76 bits per heavy atom. The Morgan fingerprint density at radius 2 is 2.18 bits per heavy atom. The van der Waals surface area contributed by atoms with Crippen LogP contribution in [0.15, 0.2) is 18.2 Å². The smallest absolute Gasteiger partial charge is 0.144 e. The van der Waals surface area contributed by atoms with Crippen LogP contribution in [-0.2, 0) is 0 Å². The van der Waals surface area contributed by atoms with E-state index in [1.807, 2.05) is 19.1 Å². The normalized spacial score (nSPS) is 22.3. The van der Waals surface area contributed by atoms with E-state index in [0.29, 0.717) is 6.61 Å². The van der Waals surface area contributed by atoms with Crippen LogP contribution in [0.5, 0.6) is 5.75 Å². The maximum atomic E-state index is 6.13. The van der Waals surface area contributed by atoms with Crippen molar-refractivity contribution in [2.45, 2.75) is 20.3 Å². The van der Waals surface area contributed by atoms with E-state index in [-0.39, 0.29) is 0 Å². The first-order valence-corrected chi connectivity index (χ1v) is 6.36. The van der Waals surface area contributed by atoms with Crippen molar-refractivity contribution in [3.05, 3.63) is 18.2 Å². The van der Waals surface area contributed by atoms with Gasteiger partial charge in [-0.25, -0.2) is 0 Å². The van der Waals surface area contributed by atoms with Gasteiger partial charge >= 0.3 is 0 Å². The minimum atomic E-state index is 0.650. The lowest BCUT2D eigenvalue weighted by Crippen LogP contribution is -2.21. The Labute approximate surface area is 104 Å². The van der Waals surface area contributed by atoms with Gasteiger partial charge in [0.1, 0.15) is 5.75 Å². The van der Waals surface area contributed by atoms with Crippen LogP contribution < -0.4 is 15.4 Å². The molecule has 2 atom stereocenters. The fraction of sp³-hybridized carbons (Fsp3) is 0.571. The molecule has 1 fully saturated rings. The first-order valence-electron chi connectivity index (χ1n) is 6.36. The molecule has 17 heavy (non-hydrogen) atoms. The lowest BCUT2D eigenvalue weighted by molar-refractivity contribution is 0.342. The molecular weight excluding hydrogens is 212 g/mol. The zero-order chi connectivity index (χ0) is 12.4. The van der Waals surface area contributed by atoms with Gasteiger partial charge in [-0.15, -0.1) is 0 Å². The van der Waals surface area contributed by atoms with Crippen molar-refractivity contribution in [3.63, 3.8) is 0 Å². The van der Waals surface area contributed by atoms with Crippen molar-refractivity contribution in [3.8, 4) is 5.75 Å². The van der Waals surface area contributed by atoms with Crippen LogP contribution in [0.25, 0.3) is 0 Å². The second-order valence-corrected chi connectivity index (χ2v) is 4.98. The summed E-state index contributed by atoms with van der Waals surface area (Å²) in [6.07, 6.45) is 1.34. The van der Waals surface area contributed by atoms with Gasteiger partial charge in [-0.05, 0) is 37.3 Å². The van der Waals surface area contributed by atoms with E-state index in [1.165, 1.54) is 6.42 Å². The molecule has 1 aliphatic carbocycles. The van der Waals surface area contributed by atoms with Gasteiger partial charge in [-0.3, -0.25) is 0 Å². The van der Waals surface area contributed by atoms with E-state index in [4.69, 9.17) is 10.5 Å². The average Bonchev–Trinajstić information content (AvgIpc) is 2.97. The second kappa shape index (κ2) is 4.86. The van der Waals surface area contributed by atoms with E-state index in [2.05, 4.69) is 24.9 Å². The topological polar surface area (TPSA) is 38.5 Å². The molecule has 0 spiro atoms. The molecule has 2 rings (SSSR count). The van der Waals surface area contributed by atoms with Crippen molar-refractivity contribution >= 4 is 11.4 Å². The first-order chi connectivity index (χ1) is 8.13. The number of ether oxygens (including phenoxy) is 1. The standard InChI is InChI=1S/C14H22N2O/c1-4-17-13-7-5-6-12(14(13)15)16(3)9-11-8-10(11)2/h5-7,10-11H,4,8-9,15H2,1-3H3. The molecule has 0 amide bonds. The van der Waals surface area contributed by atoms with Crippen LogP contribution in [0.4, 0.5) is 11.4 Å². The van der Waals surface area contributed by atoms with Gasteiger partial charge in [0.15, 0.2) is 0 Å². The molecule has 0 aromatic heterocycles. The van der Waals surface area contributed by atoms with Gasteiger partial charge in [-0.1, -0.05) is 13.0 Å². The van der Waals surface area contributed by atoms with Gasteiger partial charge in [0, 0.05) is 13.6 Å². The number of nitrogens with zero attached hydrogens (tertiary/aromatic N) is 1. The van der Waals surface area contributed by atoms with Crippen LogP contribution in [0, 0.1) is 11.8 Å². The summed E-state index contributed by atoms with van der Waals surface area (Å²) in [6.45, 7) is 6.01. The number of nitrogen functional groups attached to an aromatic ring is 1. The molecule has 94 valence electrons. The molecular formula is C14H22N2O. The molecule has 0 saturated heterocycles. The summed E-state index contributed by atoms with van der Waals surface area (Å²) < 4.78 is 5.52. The largest absolute Gasteiger partial charge is 0.492 e. The molecule has 3 heteroatoms. The Bertz CT molecular complexity index is 392. The zero-order valence-corrected chi connectivity index (χ0v) is 10.9. The van der Waals surface area contributed by atoms with Gasteiger partial charge in [0.2, 0.25) is 0 Å². The van der Waals surface area contributed by atoms with Crippen LogP contribution in [0.3, 0.4) is 0 Å².